The Morgan fingerprint density at radius 2 is 1.86 bits per heavy atom. The molecular weight excluding hydrogens is 460 g/mol. The van der Waals surface area contributed by atoms with Crippen LogP contribution in [0.5, 0.6) is 17.2 Å². The summed E-state index contributed by atoms with van der Waals surface area (Å²) in [6.07, 6.45) is 3.83. The fourth-order valence-electron chi connectivity index (χ4n) is 5.17. The summed E-state index contributed by atoms with van der Waals surface area (Å²) in [5, 5.41) is 25.7. The maximum atomic E-state index is 13.8. The average molecular weight is 487 g/mol. The van der Waals surface area contributed by atoms with Gasteiger partial charge < -0.3 is 25.3 Å². The Labute approximate surface area is 207 Å². The summed E-state index contributed by atoms with van der Waals surface area (Å²) in [6, 6.07) is 7.97. The number of phenolic OH excluding ortho intramolecular Hbond substituents is 2. The van der Waals surface area contributed by atoms with Crippen molar-refractivity contribution in [2.24, 2.45) is 0 Å². The molecule has 1 atom stereocenters. The van der Waals surface area contributed by atoms with Gasteiger partial charge in [-0.25, -0.2) is 0 Å². The Bertz CT molecular complexity index is 1560. The zero-order chi connectivity index (χ0) is 25.9. The second-order valence-electron chi connectivity index (χ2n) is 9.42. The van der Waals surface area contributed by atoms with Crippen LogP contribution < -0.4 is 10.1 Å². The van der Waals surface area contributed by atoms with Crippen LogP contribution in [-0.2, 0) is 21.4 Å². The molecule has 0 saturated heterocycles. The van der Waals surface area contributed by atoms with Gasteiger partial charge in [-0.2, -0.15) is 0 Å². The third-order valence-corrected chi connectivity index (χ3v) is 7.22. The van der Waals surface area contributed by atoms with Crippen LogP contribution in [0.15, 0.2) is 53.6 Å². The van der Waals surface area contributed by atoms with Crippen molar-refractivity contribution >= 4 is 28.3 Å². The van der Waals surface area contributed by atoms with Crippen LogP contribution in [0, 0.1) is 6.92 Å². The Morgan fingerprint density at radius 1 is 1.14 bits per heavy atom. The maximum Gasteiger partial charge on any atom is 0.194 e. The van der Waals surface area contributed by atoms with Crippen LogP contribution in [0.4, 0.5) is 0 Å². The number of carbonyl (C=O) groups excluding carboxylic acids is 3. The molecule has 5 rings (SSSR count). The summed E-state index contributed by atoms with van der Waals surface area (Å²) in [7, 11) is 0. The summed E-state index contributed by atoms with van der Waals surface area (Å²) in [5.41, 5.74) is 1.02. The minimum absolute atomic E-state index is 0.0191. The van der Waals surface area contributed by atoms with Gasteiger partial charge in [0.05, 0.1) is 11.1 Å². The summed E-state index contributed by atoms with van der Waals surface area (Å²) in [6.45, 7) is 6.43. The Kier molecular flexibility index (Phi) is 5.28. The number of aromatic hydroxyl groups is 2. The first-order valence-corrected chi connectivity index (χ1v) is 11.7. The standard InChI is InChI=1S/C28H26N2O6/c1-13-24(33)22(15(3)31)26-23(25(13)34)28(4)20(36-26)11-19(32)21(27(28)35)14(2)29-10-9-16-12-30-18-8-6-5-7-17(16)18/h5-8,11-12,29-30,33-34H,9-10H2,1-4H3/t28-/m0/s1. The molecule has 2 aromatic carbocycles. The third kappa shape index (κ3) is 3.17. The van der Waals surface area contributed by atoms with E-state index >= 15 is 0 Å². The van der Waals surface area contributed by atoms with Crippen molar-refractivity contribution in [1.82, 2.24) is 10.3 Å². The van der Waals surface area contributed by atoms with E-state index < -0.39 is 28.5 Å². The van der Waals surface area contributed by atoms with Gasteiger partial charge in [-0.1, -0.05) is 18.2 Å². The van der Waals surface area contributed by atoms with E-state index in [0.717, 1.165) is 16.5 Å². The molecule has 3 aromatic rings. The highest BCUT2D eigenvalue weighted by molar-refractivity contribution is 6.31. The van der Waals surface area contributed by atoms with Gasteiger partial charge in [0.15, 0.2) is 17.3 Å². The van der Waals surface area contributed by atoms with E-state index in [1.54, 1.807) is 13.8 Å². The maximum absolute atomic E-state index is 13.8. The topological polar surface area (TPSA) is 129 Å². The Balaban J connectivity index is 1.51. The molecule has 2 aliphatic rings. The number of benzene rings is 2. The van der Waals surface area contributed by atoms with Crippen LogP contribution in [0.2, 0.25) is 0 Å². The molecule has 1 aliphatic carbocycles. The van der Waals surface area contributed by atoms with Gasteiger partial charge in [-0.05, 0) is 45.7 Å². The zero-order valence-corrected chi connectivity index (χ0v) is 20.4. The van der Waals surface area contributed by atoms with Gasteiger partial charge >= 0.3 is 0 Å². The lowest BCUT2D eigenvalue weighted by Gasteiger charge is -2.29. The molecule has 8 nitrogen and oxygen atoms in total. The molecule has 4 N–H and O–H groups in total. The largest absolute Gasteiger partial charge is 0.507 e. The van der Waals surface area contributed by atoms with Crippen molar-refractivity contribution in [3.8, 4) is 17.2 Å². The van der Waals surface area contributed by atoms with Crippen LogP contribution in [0.1, 0.15) is 47.8 Å². The lowest BCUT2D eigenvalue weighted by atomic mass is 9.70. The number of hydrogen-bond acceptors (Lipinski definition) is 7. The van der Waals surface area contributed by atoms with Crippen molar-refractivity contribution in [1.29, 1.82) is 0 Å². The molecule has 0 saturated carbocycles. The molecular formula is C28H26N2O6. The molecule has 1 aromatic heterocycles. The highest BCUT2D eigenvalue weighted by Crippen LogP contribution is 2.57. The molecule has 0 radical (unpaired) electrons. The molecule has 36 heavy (non-hydrogen) atoms. The summed E-state index contributed by atoms with van der Waals surface area (Å²) in [4.78, 5) is 42.4. The first-order valence-electron chi connectivity index (χ1n) is 11.7. The number of Topliss-reactive ketones (excluding diaryl/α,β-unsaturated/α-hetero) is 2. The van der Waals surface area contributed by atoms with Crippen molar-refractivity contribution in [3.63, 3.8) is 0 Å². The average Bonchev–Trinajstić information content (AvgIpc) is 3.37. The molecule has 8 heteroatoms. The quantitative estimate of drug-likeness (QED) is 0.245. The van der Waals surface area contributed by atoms with E-state index in [0.29, 0.717) is 18.7 Å². The number of ketones is 3. The number of para-hydroxylation sites is 1. The van der Waals surface area contributed by atoms with Gasteiger partial charge in [0.2, 0.25) is 0 Å². The minimum atomic E-state index is -1.52. The van der Waals surface area contributed by atoms with Crippen molar-refractivity contribution < 1.29 is 29.3 Å². The molecule has 1 aliphatic heterocycles. The number of H-pyrrole nitrogens is 1. The van der Waals surface area contributed by atoms with Gasteiger partial charge in [0.25, 0.3) is 0 Å². The van der Waals surface area contributed by atoms with Crippen LogP contribution in [0.25, 0.3) is 10.9 Å². The number of fused-ring (bicyclic) bond motifs is 4. The van der Waals surface area contributed by atoms with E-state index in [1.165, 1.54) is 19.9 Å². The number of aromatic amines is 1. The number of ether oxygens (including phenoxy) is 1. The van der Waals surface area contributed by atoms with E-state index in [9.17, 15) is 24.6 Å². The zero-order valence-electron chi connectivity index (χ0n) is 20.4. The molecule has 0 amide bonds. The monoisotopic (exact) mass is 486 g/mol. The van der Waals surface area contributed by atoms with Crippen molar-refractivity contribution in [3.05, 3.63) is 75.8 Å². The van der Waals surface area contributed by atoms with E-state index in [2.05, 4.69) is 10.3 Å². The number of hydrogen-bond donors (Lipinski definition) is 4. The van der Waals surface area contributed by atoms with E-state index in [-0.39, 0.29) is 39.5 Å². The number of nitrogens with one attached hydrogen (secondary N) is 2. The fraction of sp³-hybridized carbons (Fsp3) is 0.250. The molecule has 2 heterocycles. The number of allylic oxidation sites excluding steroid dienone is 4. The second-order valence-corrected chi connectivity index (χ2v) is 9.42. The lowest BCUT2D eigenvalue weighted by molar-refractivity contribution is -0.123. The Morgan fingerprint density at radius 3 is 2.58 bits per heavy atom. The minimum Gasteiger partial charge on any atom is -0.507 e. The van der Waals surface area contributed by atoms with Gasteiger partial charge in [-0.3, -0.25) is 14.4 Å². The SMILES string of the molecule is CC(=O)c1c(O)c(C)c(O)c2c1OC1=CC(=O)C(=C(C)NCCc3c[nH]c4ccccc34)C(=O)[C@@]12C. The molecule has 0 spiro atoms. The number of phenols is 2. The summed E-state index contributed by atoms with van der Waals surface area (Å²) < 4.78 is 5.80. The Hall–Kier alpha value is -4.33. The predicted octanol–water partition coefficient (Wildman–Crippen LogP) is 3.88. The predicted molar refractivity (Wildman–Crippen MR) is 133 cm³/mol. The van der Waals surface area contributed by atoms with Crippen LogP contribution in [0.3, 0.4) is 0 Å². The van der Waals surface area contributed by atoms with Crippen molar-refractivity contribution in [2.45, 2.75) is 39.5 Å². The summed E-state index contributed by atoms with van der Waals surface area (Å²) >= 11 is 0. The van der Waals surface area contributed by atoms with E-state index in [4.69, 9.17) is 4.74 Å². The summed E-state index contributed by atoms with van der Waals surface area (Å²) in [5.74, 6) is -2.39. The van der Waals surface area contributed by atoms with E-state index in [1.807, 2.05) is 30.5 Å². The number of aromatic nitrogens is 1. The molecule has 0 fully saturated rings. The van der Waals surface area contributed by atoms with Gasteiger partial charge in [0.1, 0.15) is 34.0 Å². The number of rotatable bonds is 5. The van der Waals surface area contributed by atoms with Gasteiger partial charge in [-0.15, -0.1) is 0 Å². The normalized spacial score (nSPS) is 20.1. The molecule has 184 valence electrons. The highest BCUT2D eigenvalue weighted by Gasteiger charge is 2.56. The van der Waals surface area contributed by atoms with Crippen LogP contribution >= 0.6 is 0 Å². The van der Waals surface area contributed by atoms with Crippen LogP contribution in [-0.4, -0.2) is 39.1 Å². The first kappa shape index (κ1) is 23.4. The molecule has 0 bridgehead atoms. The number of carbonyl (C=O) groups is 3. The van der Waals surface area contributed by atoms with Crippen molar-refractivity contribution in [2.75, 3.05) is 6.54 Å². The first-order chi connectivity index (χ1) is 17.1. The van der Waals surface area contributed by atoms with Gasteiger partial charge in [0, 0.05) is 41.0 Å². The smallest absolute Gasteiger partial charge is 0.194 e. The molecule has 0 unspecified atom stereocenters. The second kappa shape index (κ2) is 8.12. The highest BCUT2D eigenvalue weighted by atomic mass is 16.5. The lowest BCUT2D eigenvalue weighted by Crippen LogP contribution is -2.41. The third-order valence-electron chi connectivity index (χ3n) is 7.22. The fourth-order valence-corrected chi connectivity index (χ4v) is 5.17.